The Labute approximate surface area is 193 Å². The molecule has 2 amide bonds. The van der Waals surface area contributed by atoms with Crippen molar-refractivity contribution in [3.8, 4) is 5.75 Å². The molecule has 2 aromatic carbocycles. The van der Waals surface area contributed by atoms with Crippen molar-refractivity contribution in [2.45, 2.75) is 56.4 Å². The molecule has 13 heteroatoms. The molecule has 1 aliphatic rings. The molecule has 1 saturated carbocycles. The molecule has 0 radical (unpaired) electrons. The summed E-state index contributed by atoms with van der Waals surface area (Å²) < 4.78 is 121. The molecule has 2 N–H and O–H groups in total. The first-order chi connectivity index (χ1) is 16.1. The second-order valence-corrected chi connectivity index (χ2v) is 8.01. The van der Waals surface area contributed by atoms with Gasteiger partial charge in [0, 0.05) is 11.7 Å². The van der Waals surface area contributed by atoms with Gasteiger partial charge in [-0.2, -0.15) is 39.5 Å². The zero-order valence-electron chi connectivity index (χ0n) is 17.7. The van der Waals surface area contributed by atoms with E-state index in [2.05, 4.69) is 5.32 Å². The van der Waals surface area contributed by atoms with E-state index in [0.717, 1.165) is 12.1 Å². The van der Waals surface area contributed by atoms with Crippen molar-refractivity contribution in [3.05, 3.63) is 59.2 Å². The predicted octanol–water partition coefficient (Wildman–Crippen LogP) is 7.25. The van der Waals surface area contributed by atoms with Crippen molar-refractivity contribution in [2.75, 3.05) is 5.32 Å². The fourth-order valence-electron chi connectivity index (χ4n) is 3.62. The summed E-state index contributed by atoms with van der Waals surface area (Å²) in [5.41, 5.74) is -4.58. The van der Waals surface area contributed by atoms with Gasteiger partial charge < -0.3 is 15.4 Å². The molecule has 0 heterocycles. The summed E-state index contributed by atoms with van der Waals surface area (Å²) in [5.74, 6) is 0.247. The number of alkyl halides is 9. The minimum atomic E-state index is -5.04. The first kappa shape index (κ1) is 26.5. The van der Waals surface area contributed by atoms with E-state index in [1.807, 2.05) is 5.32 Å². The third-order valence-electron chi connectivity index (χ3n) is 5.34. The van der Waals surface area contributed by atoms with Crippen LogP contribution in [0.2, 0.25) is 0 Å². The number of rotatable bonds is 4. The molecule has 0 bridgehead atoms. The fourth-order valence-corrected chi connectivity index (χ4v) is 3.62. The maximum Gasteiger partial charge on any atom is 0.416 e. The van der Waals surface area contributed by atoms with Crippen LogP contribution in [0.1, 0.15) is 42.4 Å². The van der Waals surface area contributed by atoms with E-state index in [-0.39, 0.29) is 17.9 Å². The third kappa shape index (κ3) is 7.43. The number of benzene rings is 2. The number of urea groups is 1. The quantitative estimate of drug-likeness (QED) is 0.422. The van der Waals surface area contributed by atoms with Crippen molar-refractivity contribution < 1.29 is 49.0 Å². The van der Waals surface area contributed by atoms with Gasteiger partial charge >= 0.3 is 24.6 Å². The molecule has 0 saturated heterocycles. The molecule has 3 rings (SSSR count). The monoisotopic (exact) mass is 514 g/mol. The van der Waals surface area contributed by atoms with E-state index in [1.165, 1.54) is 12.1 Å². The van der Waals surface area contributed by atoms with Crippen molar-refractivity contribution in [1.29, 1.82) is 0 Å². The highest BCUT2D eigenvalue weighted by Gasteiger charge is 2.37. The Morgan fingerprint density at radius 3 is 1.66 bits per heavy atom. The molecule has 1 fully saturated rings. The van der Waals surface area contributed by atoms with E-state index >= 15 is 0 Å². The smallest absolute Gasteiger partial charge is 0.416 e. The standard InChI is InChI=1S/C22H19F9N2O2/c23-20(24,25)12-1-5-17(6-2-12)35-18-7-3-15(4-8-18)32-19(34)33-16-10-13(21(26,27)28)9-14(11-16)22(29,30)31/h1-2,5-6,9-11,15,18H,3-4,7-8H2,(H2,32,33,34). The van der Waals surface area contributed by atoms with Gasteiger partial charge in [-0.25, -0.2) is 4.79 Å². The Morgan fingerprint density at radius 1 is 0.714 bits per heavy atom. The van der Waals surface area contributed by atoms with Crippen LogP contribution in [0, 0.1) is 0 Å². The van der Waals surface area contributed by atoms with Gasteiger partial charge in [0.1, 0.15) is 5.75 Å². The van der Waals surface area contributed by atoms with Gasteiger partial charge in [-0.05, 0) is 68.1 Å². The van der Waals surface area contributed by atoms with Crippen LogP contribution < -0.4 is 15.4 Å². The number of nitrogens with one attached hydrogen (secondary N) is 2. The van der Waals surface area contributed by atoms with Crippen LogP contribution in [0.15, 0.2) is 42.5 Å². The van der Waals surface area contributed by atoms with Crippen LogP contribution in [-0.2, 0) is 18.5 Å². The number of anilines is 1. The summed E-state index contributed by atoms with van der Waals surface area (Å²) in [4.78, 5) is 12.2. The number of carbonyl (C=O) groups is 1. The fraction of sp³-hybridized carbons (Fsp3) is 0.409. The second-order valence-electron chi connectivity index (χ2n) is 8.01. The van der Waals surface area contributed by atoms with Gasteiger partial charge in [-0.3, -0.25) is 0 Å². The van der Waals surface area contributed by atoms with Crippen LogP contribution in [0.5, 0.6) is 5.75 Å². The molecule has 0 aromatic heterocycles. The summed E-state index contributed by atoms with van der Waals surface area (Å²) in [6.45, 7) is 0. The minimum Gasteiger partial charge on any atom is -0.490 e. The SMILES string of the molecule is O=C(Nc1cc(C(F)(F)F)cc(C(F)(F)F)c1)NC1CCC(Oc2ccc(C(F)(F)F)cc2)CC1. The van der Waals surface area contributed by atoms with E-state index in [0.29, 0.717) is 37.8 Å². The Hall–Kier alpha value is -3.12. The zero-order chi connectivity index (χ0) is 26.0. The average Bonchev–Trinajstić information content (AvgIpc) is 2.73. The second kappa shape index (κ2) is 9.86. The number of carbonyl (C=O) groups excluding carboxylic acids is 1. The van der Waals surface area contributed by atoms with Crippen molar-refractivity contribution in [3.63, 3.8) is 0 Å². The van der Waals surface area contributed by atoms with Crippen molar-refractivity contribution in [1.82, 2.24) is 5.32 Å². The third-order valence-corrected chi connectivity index (χ3v) is 5.34. The summed E-state index contributed by atoms with van der Waals surface area (Å²) in [5, 5.41) is 4.51. The maximum atomic E-state index is 13.0. The molecule has 35 heavy (non-hydrogen) atoms. The van der Waals surface area contributed by atoms with Gasteiger partial charge in [-0.15, -0.1) is 0 Å². The van der Waals surface area contributed by atoms with Gasteiger partial charge in [0.2, 0.25) is 0 Å². The normalized spacial score (nSPS) is 19.2. The molecule has 4 nitrogen and oxygen atoms in total. The lowest BCUT2D eigenvalue weighted by molar-refractivity contribution is -0.143. The molecular weight excluding hydrogens is 495 g/mol. The van der Waals surface area contributed by atoms with E-state index in [4.69, 9.17) is 4.74 Å². The highest BCUT2D eigenvalue weighted by Crippen LogP contribution is 2.37. The molecule has 192 valence electrons. The largest absolute Gasteiger partial charge is 0.490 e. The first-order valence-corrected chi connectivity index (χ1v) is 10.3. The number of hydrogen-bond donors (Lipinski definition) is 2. The van der Waals surface area contributed by atoms with E-state index in [1.54, 1.807) is 0 Å². The van der Waals surface area contributed by atoms with Gasteiger partial charge in [-0.1, -0.05) is 0 Å². The summed E-state index contributed by atoms with van der Waals surface area (Å²) in [7, 11) is 0. The molecular formula is C22H19F9N2O2. The molecule has 1 aliphatic carbocycles. The molecule has 0 unspecified atom stereocenters. The molecule has 0 atom stereocenters. The maximum absolute atomic E-state index is 13.0. The summed E-state index contributed by atoms with van der Waals surface area (Å²) >= 11 is 0. The Balaban J connectivity index is 1.54. The molecule has 2 aromatic rings. The minimum absolute atomic E-state index is 0.0406. The van der Waals surface area contributed by atoms with Gasteiger partial charge in [0.15, 0.2) is 0 Å². The molecule has 0 spiro atoms. The lowest BCUT2D eigenvalue weighted by Gasteiger charge is -2.29. The average molecular weight is 514 g/mol. The van der Waals surface area contributed by atoms with Crippen LogP contribution in [0.4, 0.5) is 50.0 Å². The highest BCUT2D eigenvalue weighted by molar-refractivity contribution is 5.89. The van der Waals surface area contributed by atoms with E-state index < -0.39 is 53.0 Å². The number of halogens is 9. The summed E-state index contributed by atoms with van der Waals surface area (Å²) in [6, 6.07) is 3.57. The lowest BCUT2D eigenvalue weighted by Crippen LogP contribution is -2.41. The van der Waals surface area contributed by atoms with Crippen LogP contribution >= 0.6 is 0 Å². The Kier molecular flexibility index (Phi) is 7.46. The zero-order valence-corrected chi connectivity index (χ0v) is 17.7. The van der Waals surface area contributed by atoms with Crippen molar-refractivity contribution in [2.24, 2.45) is 0 Å². The van der Waals surface area contributed by atoms with Crippen LogP contribution in [0.3, 0.4) is 0 Å². The van der Waals surface area contributed by atoms with Crippen LogP contribution in [-0.4, -0.2) is 18.2 Å². The van der Waals surface area contributed by atoms with Crippen molar-refractivity contribution >= 4 is 11.7 Å². The number of hydrogen-bond acceptors (Lipinski definition) is 2. The van der Waals surface area contributed by atoms with Crippen LogP contribution in [0.25, 0.3) is 0 Å². The number of ether oxygens (including phenoxy) is 1. The molecule has 0 aliphatic heterocycles. The Morgan fingerprint density at radius 2 is 1.20 bits per heavy atom. The Bertz CT molecular complexity index is 991. The first-order valence-electron chi connectivity index (χ1n) is 10.3. The highest BCUT2D eigenvalue weighted by atomic mass is 19.4. The van der Waals surface area contributed by atoms with E-state index in [9.17, 15) is 44.3 Å². The van der Waals surface area contributed by atoms with Gasteiger partial charge in [0.25, 0.3) is 0 Å². The predicted molar refractivity (Wildman–Crippen MR) is 107 cm³/mol. The number of amides is 2. The lowest BCUT2D eigenvalue weighted by atomic mass is 9.93. The summed E-state index contributed by atoms with van der Waals surface area (Å²) in [6.07, 6.45) is -13.3. The topological polar surface area (TPSA) is 50.4 Å². The van der Waals surface area contributed by atoms with Gasteiger partial charge in [0.05, 0.1) is 22.8 Å².